The normalized spacial score (nSPS) is 11.8. The Balaban J connectivity index is 1.68. The molecule has 25 heavy (non-hydrogen) atoms. The van der Waals surface area contributed by atoms with Gasteiger partial charge < -0.3 is 10.1 Å². The van der Waals surface area contributed by atoms with Gasteiger partial charge in [-0.3, -0.25) is 4.79 Å². The number of amides is 1. The Hall–Kier alpha value is -3.21. The summed E-state index contributed by atoms with van der Waals surface area (Å²) in [5.74, 6) is -1.01. The third-order valence-corrected chi connectivity index (χ3v) is 3.86. The second-order valence-corrected chi connectivity index (χ2v) is 5.74. The van der Waals surface area contributed by atoms with Gasteiger partial charge in [0, 0.05) is 11.1 Å². The van der Waals surface area contributed by atoms with E-state index in [0.717, 1.165) is 10.9 Å². The summed E-state index contributed by atoms with van der Waals surface area (Å²) in [6.07, 6.45) is -0.930. The molecule has 0 spiro atoms. The summed E-state index contributed by atoms with van der Waals surface area (Å²) in [5, 5.41) is 3.69. The molecule has 0 saturated heterocycles. The average molecular weight is 334 g/mol. The molecular formula is C20H18N2O3. The molecule has 1 N–H and O–H groups in total. The Morgan fingerprint density at radius 3 is 2.52 bits per heavy atom. The lowest BCUT2D eigenvalue weighted by Crippen LogP contribution is -2.30. The largest absolute Gasteiger partial charge is 0.448 e. The zero-order valence-corrected chi connectivity index (χ0v) is 14.0. The van der Waals surface area contributed by atoms with E-state index in [0.29, 0.717) is 11.2 Å². The van der Waals surface area contributed by atoms with E-state index in [1.807, 2.05) is 49.4 Å². The molecule has 1 atom stereocenters. The van der Waals surface area contributed by atoms with Gasteiger partial charge in [-0.05, 0) is 37.6 Å². The van der Waals surface area contributed by atoms with Gasteiger partial charge in [0.05, 0.1) is 5.52 Å². The van der Waals surface area contributed by atoms with Gasteiger partial charge in [-0.25, -0.2) is 9.78 Å². The van der Waals surface area contributed by atoms with Crippen molar-refractivity contribution in [1.82, 2.24) is 4.98 Å². The number of anilines is 1. The van der Waals surface area contributed by atoms with Crippen LogP contribution < -0.4 is 5.32 Å². The highest BCUT2D eigenvalue weighted by Gasteiger charge is 2.20. The first-order valence-corrected chi connectivity index (χ1v) is 7.98. The number of hydrogen-bond acceptors (Lipinski definition) is 4. The lowest BCUT2D eigenvalue weighted by molar-refractivity contribution is -0.123. The van der Waals surface area contributed by atoms with Gasteiger partial charge in [0.15, 0.2) is 6.10 Å². The molecular weight excluding hydrogens is 316 g/mol. The number of para-hydroxylation sites is 2. The maximum Gasteiger partial charge on any atom is 0.357 e. The first kappa shape index (κ1) is 16.6. The Labute approximate surface area is 145 Å². The topological polar surface area (TPSA) is 68.3 Å². The number of carbonyl (C=O) groups is 2. The molecule has 0 fully saturated rings. The van der Waals surface area contributed by atoms with Gasteiger partial charge in [-0.2, -0.15) is 0 Å². The van der Waals surface area contributed by atoms with E-state index in [2.05, 4.69) is 10.3 Å². The molecule has 3 rings (SSSR count). The minimum Gasteiger partial charge on any atom is -0.448 e. The van der Waals surface area contributed by atoms with E-state index in [4.69, 9.17) is 4.74 Å². The van der Waals surface area contributed by atoms with Crippen LogP contribution in [-0.2, 0) is 9.53 Å². The van der Waals surface area contributed by atoms with Gasteiger partial charge in [0.25, 0.3) is 5.91 Å². The van der Waals surface area contributed by atoms with E-state index >= 15 is 0 Å². The number of esters is 1. The van der Waals surface area contributed by atoms with E-state index in [1.54, 1.807) is 18.2 Å². The zero-order chi connectivity index (χ0) is 17.8. The van der Waals surface area contributed by atoms with Crippen LogP contribution in [0, 0.1) is 6.92 Å². The van der Waals surface area contributed by atoms with Gasteiger partial charge in [-0.1, -0.05) is 42.5 Å². The maximum absolute atomic E-state index is 12.3. The van der Waals surface area contributed by atoms with Crippen LogP contribution in [0.4, 0.5) is 5.69 Å². The second kappa shape index (κ2) is 7.13. The van der Waals surface area contributed by atoms with Crippen LogP contribution in [0.2, 0.25) is 0 Å². The third-order valence-electron chi connectivity index (χ3n) is 3.86. The smallest absolute Gasteiger partial charge is 0.357 e. The maximum atomic E-state index is 12.3. The number of nitrogens with one attached hydrogen (secondary N) is 1. The summed E-state index contributed by atoms with van der Waals surface area (Å²) in [4.78, 5) is 28.8. The first-order valence-electron chi connectivity index (χ1n) is 7.98. The van der Waals surface area contributed by atoms with Crippen molar-refractivity contribution < 1.29 is 14.3 Å². The lowest BCUT2D eigenvalue weighted by Gasteiger charge is -2.14. The van der Waals surface area contributed by atoms with E-state index in [1.165, 1.54) is 6.92 Å². The van der Waals surface area contributed by atoms with Crippen molar-refractivity contribution in [3.63, 3.8) is 0 Å². The predicted molar refractivity (Wildman–Crippen MR) is 96.4 cm³/mol. The van der Waals surface area contributed by atoms with E-state index in [9.17, 15) is 9.59 Å². The van der Waals surface area contributed by atoms with Crippen LogP contribution >= 0.6 is 0 Å². The fourth-order valence-electron chi connectivity index (χ4n) is 2.40. The minimum atomic E-state index is -0.930. The molecule has 0 bridgehead atoms. The predicted octanol–water partition coefficient (Wildman–Crippen LogP) is 3.73. The van der Waals surface area contributed by atoms with Crippen LogP contribution in [0.5, 0.6) is 0 Å². The Morgan fingerprint density at radius 2 is 1.72 bits per heavy atom. The molecule has 3 aromatic rings. The van der Waals surface area contributed by atoms with Gasteiger partial charge in [0.1, 0.15) is 5.69 Å². The number of nitrogens with zero attached hydrogens (tertiary/aromatic N) is 1. The first-order chi connectivity index (χ1) is 12.0. The highest BCUT2D eigenvalue weighted by molar-refractivity contribution is 5.97. The monoisotopic (exact) mass is 334 g/mol. The number of pyridine rings is 1. The number of rotatable bonds is 4. The summed E-state index contributed by atoms with van der Waals surface area (Å²) < 4.78 is 5.25. The number of hydrogen-bond donors (Lipinski definition) is 1. The van der Waals surface area contributed by atoms with Crippen LogP contribution in [0.1, 0.15) is 23.0 Å². The number of fused-ring (bicyclic) bond motifs is 1. The molecule has 126 valence electrons. The van der Waals surface area contributed by atoms with Crippen molar-refractivity contribution >= 4 is 28.5 Å². The number of ether oxygens (including phenoxy) is 1. The van der Waals surface area contributed by atoms with Crippen molar-refractivity contribution in [2.75, 3.05) is 5.32 Å². The standard InChI is InChI=1S/C20H18N2O3/c1-13-7-3-5-9-16(13)22-19(23)14(2)25-20(24)18-12-11-15-8-4-6-10-17(15)21-18/h3-12,14H,1-2H3,(H,22,23). The van der Waals surface area contributed by atoms with Crippen molar-refractivity contribution in [2.45, 2.75) is 20.0 Å². The molecule has 0 aliphatic carbocycles. The molecule has 0 radical (unpaired) electrons. The molecule has 0 aliphatic heterocycles. The minimum absolute atomic E-state index is 0.175. The fourth-order valence-corrected chi connectivity index (χ4v) is 2.40. The SMILES string of the molecule is Cc1ccccc1NC(=O)C(C)OC(=O)c1ccc2ccccc2n1. The Bertz CT molecular complexity index is 937. The quantitative estimate of drug-likeness (QED) is 0.738. The fraction of sp³-hybridized carbons (Fsp3) is 0.150. The molecule has 0 aliphatic rings. The molecule has 2 aromatic carbocycles. The van der Waals surface area contributed by atoms with Crippen molar-refractivity contribution in [2.24, 2.45) is 0 Å². The Morgan fingerprint density at radius 1 is 1.00 bits per heavy atom. The highest BCUT2D eigenvalue weighted by atomic mass is 16.5. The van der Waals surface area contributed by atoms with Crippen LogP contribution in [0.25, 0.3) is 10.9 Å². The van der Waals surface area contributed by atoms with Crippen molar-refractivity contribution in [3.8, 4) is 0 Å². The zero-order valence-electron chi connectivity index (χ0n) is 14.0. The molecule has 0 saturated carbocycles. The third kappa shape index (κ3) is 3.83. The number of aryl methyl sites for hydroxylation is 1. The van der Waals surface area contributed by atoms with E-state index in [-0.39, 0.29) is 11.6 Å². The highest BCUT2D eigenvalue weighted by Crippen LogP contribution is 2.15. The molecule has 5 heteroatoms. The molecule has 1 amide bonds. The number of aromatic nitrogens is 1. The van der Waals surface area contributed by atoms with Crippen molar-refractivity contribution in [1.29, 1.82) is 0 Å². The molecule has 5 nitrogen and oxygen atoms in total. The van der Waals surface area contributed by atoms with Crippen LogP contribution in [-0.4, -0.2) is 23.0 Å². The second-order valence-electron chi connectivity index (χ2n) is 5.74. The summed E-state index contributed by atoms with van der Waals surface area (Å²) in [7, 11) is 0. The van der Waals surface area contributed by atoms with Crippen LogP contribution in [0.3, 0.4) is 0 Å². The summed E-state index contributed by atoms with van der Waals surface area (Å²) in [6, 6.07) is 18.3. The molecule has 1 aromatic heterocycles. The van der Waals surface area contributed by atoms with E-state index < -0.39 is 12.1 Å². The van der Waals surface area contributed by atoms with Crippen molar-refractivity contribution in [3.05, 3.63) is 71.9 Å². The summed E-state index contributed by atoms with van der Waals surface area (Å²) >= 11 is 0. The van der Waals surface area contributed by atoms with Gasteiger partial charge in [-0.15, -0.1) is 0 Å². The van der Waals surface area contributed by atoms with Crippen LogP contribution in [0.15, 0.2) is 60.7 Å². The summed E-state index contributed by atoms with van der Waals surface area (Å²) in [5.41, 5.74) is 2.51. The molecule has 1 heterocycles. The van der Waals surface area contributed by atoms with Gasteiger partial charge >= 0.3 is 5.97 Å². The Kier molecular flexibility index (Phi) is 4.75. The summed E-state index contributed by atoms with van der Waals surface area (Å²) in [6.45, 7) is 3.43. The lowest BCUT2D eigenvalue weighted by atomic mass is 10.2. The number of carbonyl (C=O) groups excluding carboxylic acids is 2. The van der Waals surface area contributed by atoms with Gasteiger partial charge in [0.2, 0.25) is 0 Å². The molecule has 1 unspecified atom stereocenters. The number of benzene rings is 2. The average Bonchev–Trinajstić information content (AvgIpc) is 2.63.